The van der Waals surface area contributed by atoms with Crippen molar-refractivity contribution in [3.8, 4) is 0 Å². The lowest BCUT2D eigenvalue weighted by Gasteiger charge is -2.47. The molecular weight excluding hydrogens is 292 g/mol. The number of rotatable bonds is 3. The normalized spacial score (nSPS) is 21.2. The number of hydrogen-bond acceptors (Lipinski definition) is 4. The average Bonchev–Trinajstić information content (AvgIpc) is 2.27. The lowest BCUT2D eigenvalue weighted by atomic mass is 9.98. The Morgan fingerprint density at radius 3 is 2.38 bits per heavy atom. The maximum absolute atomic E-state index is 11.0. The molecule has 0 aromatic heterocycles. The summed E-state index contributed by atoms with van der Waals surface area (Å²) in [5.41, 5.74) is 0.376. The zero-order valence-electron chi connectivity index (χ0n) is 12.9. The van der Waals surface area contributed by atoms with E-state index in [0.29, 0.717) is 6.54 Å². The standard InChI is InChI=1S/C15H21ClN2O3/c1-14(2)9-17(10-15(3,4)21-14)8-11-5-6-12(16)13(7-11)18(19)20/h5-7H,8-10H2,1-4H3. The van der Waals surface area contributed by atoms with Crippen LogP contribution in [0.15, 0.2) is 18.2 Å². The zero-order valence-corrected chi connectivity index (χ0v) is 13.6. The molecule has 1 aliphatic rings. The molecule has 0 aliphatic carbocycles. The van der Waals surface area contributed by atoms with Gasteiger partial charge in [0.2, 0.25) is 0 Å². The van der Waals surface area contributed by atoms with Crippen LogP contribution in [0, 0.1) is 10.1 Å². The third kappa shape index (κ3) is 4.15. The highest BCUT2D eigenvalue weighted by Gasteiger charge is 2.38. The minimum Gasteiger partial charge on any atom is -0.367 e. The van der Waals surface area contributed by atoms with E-state index in [1.54, 1.807) is 12.1 Å². The zero-order chi connectivity index (χ0) is 15.8. The Labute approximate surface area is 130 Å². The van der Waals surface area contributed by atoms with Crippen molar-refractivity contribution in [1.82, 2.24) is 4.90 Å². The van der Waals surface area contributed by atoms with Gasteiger partial charge in [-0.25, -0.2) is 0 Å². The summed E-state index contributed by atoms with van der Waals surface area (Å²) in [7, 11) is 0. The van der Waals surface area contributed by atoms with E-state index >= 15 is 0 Å². The van der Waals surface area contributed by atoms with Gasteiger partial charge in [-0.3, -0.25) is 15.0 Å². The highest BCUT2D eigenvalue weighted by Crippen LogP contribution is 2.30. The van der Waals surface area contributed by atoms with Crippen LogP contribution >= 0.6 is 11.6 Å². The van der Waals surface area contributed by atoms with Crippen LogP contribution in [0.2, 0.25) is 5.02 Å². The maximum Gasteiger partial charge on any atom is 0.288 e. The van der Waals surface area contributed by atoms with Gasteiger partial charge in [0.25, 0.3) is 5.69 Å². The van der Waals surface area contributed by atoms with Crippen molar-refractivity contribution in [2.75, 3.05) is 13.1 Å². The Balaban J connectivity index is 2.18. The fourth-order valence-corrected chi connectivity index (χ4v) is 3.30. The number of hydrogen-bond donors (Lipinski definition) is 0. The molecule has 116 valence electrons. The number of ether oxygens (including phenoxy) is 1. The molecule has 1 aromatic rings. The van der Waals surface area contributed by atoms with E-state index in [9.17, 15) is 10.1 Å². The topological polar surface area (TPSA) is 55.6 Å². The highest BCUT2D eigenvalue weighted by atomic mass is 35.5. The van der Waals surface area contributed by atoms with Gasteiger partial charge in [-0.1, -0.05) is 17.7 Å². The third-order valence-electron chi connectivity index (χ3n) is 3.37. The van der Waals surface area contributed by atoms with Gasteiger partial charge in [-0.05, 0) is 39.3 Å². The average molecular weight is 313 g/mol. The minimum atomic E-state index is -0.445. The van der Waals surface area contributed by atoms with Crippen molar-refractivity contribution in [2.45, 2.75) is 45.4 Å². The fraction of sp³-hybridized carbons (Fsp3) is 0.600. The summed E-state index contributed by atoms with van der Waals surface area (Å²) >= 11 is 5.85. The Hall–Kier alpha value is -1.17. The van der Waals surface area contributed by atoms with E-state index in [-0.39, 0.29) is 21.9 Å². The Morgan fingerprint density at radius 1 is 1.29 bits per heavy atom. The van der Waals surface area contributed by atoms with Crippen molar-refractivity contribution in [3.63, 3.8) is 0 Å². The summed E-state index contributed by atoms with van der Waals surface area (Å²) in [5, 5.41) is 11.1. The van der Waals surface area contributed by atoms with Crippen LogP contribution in [0.4, 0.5) is 5.69 Å². The molecule has 0 unspecified atom stereocenters. The van der Waals surface area contributed by atoms with Crippen LogP contribution in [0.3, 0.4) is 0 Å². The molecule has 0 radical (unpaired) electrons. The van der Waals surface area contributed by atoms with Gasteiger partial charge >= 0.3 is 0 Å². The minimum absolute atomic E-state index is 0.0408. The SMILES string of the molecule is CC1(C)CN(Cc2ccc(Cl)c([N+](=O)[O-])c2)CC(C)(C)O1. The molecular formula is C15H21ClN2O3. The van der Waals surface area contributed by atoms with Crippen LogP contribution in [-0.4, -0.2) is 34.1 Å². The van der Waals surface area contributed by atoms with E-state index in [0.717, 1.165) is 18.7 Å². The summed E-state index contributed by atoms with van der Waals surface area (Å²) < 4.78 is 6.04. The second kappa shape index (κ2) is 5.55. The molecule has 21 heavy (non-hydrogen) atoms. The van der Waals surface area contributed by atoms with Crippen molar-refractivity contribution in [2.24, 2.45) is 0 Å². The van der Waals surface area contributed by atoms with Gasteiger partial charge in [0.1, 0.15) is 5.02 Å². The molecule has 1 saturated heterocycles. The fourth-order valence-electron chi connectivity index (χ4n) is 3.11. The lowest BCUT2D eigenvalue weighted by molar-refractivity contribution is -0.384. The molecule has 0 N–H and O–H groups in total. The third-order valence-corrected chi connectivity index (χ3v) is 3.69. The monoisotopic (exact) mass is 312 g/mol. The van der Waals surface area contributed by atoms with E-state index in [1.807, 2.05) is 6.07 Å². The molecule has 0 atom stereocenters. The molecule has 1 fully saturated rings. The Kier molecular flexibility index (Phi) is 4.29. The van der Waals surface area contributed by atoms with E-state index in [2.05, 4.69) is 32.6 Å². The van der Waals surface area contributed by atoms with E-state index < -0.39 is 4.92 Å². The van der Waals surface area contributed by atoms with Crippen molar-refractivity contribution in [1.29, 1.82) is 0 Å². The van der Waals surface area contributed by atoms with Crippen molar-refractivity contribution >= 4 is 17.3 Å². The largest absolute Gasteiger partial charge is 0.367 e. The molecule has 0 spiro atoms. The first-order valence-corrected chi connectivity index (χ1v) is 7.31. The van der Waals surface area contributed by atoms with Crippen LogP contribution in [0.5, 0.6) is 0 Å². The van der Waals surface area contributed by atoms with Gasteiger partial charge in [0.05, 0.1) is 16.1 Å². The highest BCUT2D eigenvalue weighted by molar-refractivity contribution is 6.32. The maximum atomic E-state index is 11.0. The van der Waals surface area contributed by atoms with Crippen molar-refractivity contribution in [3.05, 3.63) is 38.9 Å². The first-order chi connectivity index (χ1) is 9.58. The molecule has 5 nitrogen and oxygen atoms in total. The molecule has 2 rings (SSSR count). The smallest absolute Gasteiger partial charge is 0.288 e. The summed E-state index contributed by atoms with van der Waals surface area (Å²) in [6.07, 6.45) is 0. The predicted octanol–water partition coefficient (Wildman–Crippen LogP) is 3.64. The number of morpholine rings is 1. The van der Waals surface area contributed by atoms with Crippen LogP contribution in [-0.2, 0) is 11.3 Å². The first kappa shape index (κ1) is 16.2. The molecule has 1 aromatic carbocycles. The van der Waals surface area contributed by atoms with Gasteiger partial charge in [0.15, 0.2) is 0 Å². The number of nitro groups is 1. The van der Waals surface area contributed by atoms with Crippen molar-refractivity contribution < 1.29 is 9.66 Å². The first-order valence-electron chi connectivity index (χ1n) is 6.93. The lowest BCUT2D eigenvalue weighted by Crippen LogP contribution is -2.56. The van der Waals surface area contributed by atoms with Gasteiger partial charge in [0, 0.05) is 25.7 Å². The number of benzene rings is 1. The number of nitro benzene ring substituents is 1. The van der Waals surface area contributed by atoms with Gasteiger partial charge in [-0.15, -0.1) is 0 Å². The molecule has 1 aliphatic heterocycles. The Morgan fingerprint density at radius 2 is 1.86 bits per heavy atom. The molecule has 6 heteroatoms. The number of halogens is 1. The summed E-state index contributed by atoms with van der Waals surface area (Å²) in [6, 6.07) is 4.98. The number of nitrogens with zero attached hydrogens (tertiary/aromatic N) is 2. The second-order valence-electron chi connectivity index (χ2n) is 6.81. The van der Waals surface area contributed by atoms with E-state index in [1.165, 1.54) is 0 Å². The second-order valence-corrected chi connectivity index (χ2v) is 7.22. The quantitative estimate of drug-likeness (QED) is 0.631. The van der Waals surface area contributed by atoms with Crippen LogP contribution < -0.4 is 0 Å². The van der Waals surface area contributed by atoms with Gasteiger partial charge in [-0.2, -0.15) is 0 Å². The molecule has 0 bridgehead atoms. The van der Waals surface area contributed by atoms with E-state index in [4.69, 9.17) is 16.3 Å². The van der Waals surface area contributed by atoms with Crippen LogP contribution in [0.25, 0.3) is 0 Å². The summed E-state index contributed by atoms with van der Waals surface area (Å²) in [6.45, 7) is 10.5. The predicted molar refractivity (Wildman–Crippen MR) is 82.6 cm³/mol. The molecule has 1 heterocycles. The molecule has 0 amide bonds. The van der Waals surface area contributed by atoms with Gasteiger partial charge < -0.3 is 4.74 Å². The van der Waals surface area contributed by atoms with Crippen LogP contribution in [0.1, 0.15) is 33.3 Å². The summed E-state index contributed by atoms with van der Waals surface area (Å²) in [4.78, 5) is 12.8. The summed E-state index contributed by atoms with van der Waals surface area (Å²) in [5.74, 6) is 0. The Bertz CT molecular complexity index is 542. The molecule has 0 saturated carbocycles.